The molecule has 1 aromatic carbocycles. The third kappa shape index (κ3) is 4.32. The van der Waals surface area contributed by atoms with Gasteiger partial charge in [-0.05, 0) is 44.6 Å². The molecule has 0 aliphatic heterocycles. The molecule has 2 unspecified atom stereocenters. The summed E-state index contributed by atoms with van der Waals surface area (Å²) in [5.41, 5.74) is 9.13. The van der Waals surface area contributed by atoms with Crippen LogP contribution in [-0.2, 0) is 11.2 Å². The number of ether oxygens (including phenoxy) is 1. The topological polar surface area (TPSA) is 35.2 Å². The summed E-state index contributed by atoms with van der Waals surface area (Å²) in [5, 5.41) is 0. The Kier molecular flexibility index (Phi) is 6.06. The summed E-state index contributed by atoms with van der Waals surface area (Å²) >= 11 is 0. The summed E-state index contributed by atoms with van der Waals surface area (Å²) < 4.78 is 6.02. The maximum Gasteiger partial charge on any atom is 0.0757 e. The van der Waals surface area contributed by atoms with E-state index in [1.165, 1.54) is 43.2 Å². The van der Waals surface area contributed by atoms with Crippen molar-refractivity contribution in [3.63, 3.8) is 0 Å². The second kappa shape index (κ2) is 7.80. The van der Waals surface area contributed by atoms with Gasteiger partial charge in [0.1, 0.15) is 0 Å². The molecule has 2 N–H and O–H groups in total. The van der Waals surface area contributed by atoms with Crippen molar-refractivity contribution < 1.29 is 4.74 Å². The number of hydrogen-bond donors (Lipinski definition) is 1. The Balaban J connectivity index is 2.00. The molecule has 2 nitrogen and oxygen atoms in total. The Labute approximate surface area is 123 Å². The first-order chi connectivity index (χ1) is 9.70. The highest BCUT2D eigenvalue weighted by Crippen LogP contribution is 2.30. The molecule has 0 amide bonds. The van der Waals surface area contributed by atoms with Gasteiger partial charge in [0, 0.05) is 12.6 Å². The summed E-state index contributed by atoms with van der Waals surface area (Å²) in [4.78, 5) is 0. The Morgan fingerprint density at radius 2 is 2.00 bits per heavy atom. The van der Waals surface area contributed by atoms with E-state index in [4.69, 9.17) is 10.5 Å². The van der Waals surface area contributed by atoms with Gasteiger partial charge in [0.2, 0.25) is 0 Å². The van der Waals surface area contributed by atoms with Crippen molar-refractivity contribution in [2.75, 3.05) is 6.61 Å². The SMILES string of the molecule is CCOC(C(N)Cc1cccc(C)c1)C1CCCCC1. The lowest BCUT2D eigenvalue weighted by Gasteiger charge is -2.34. The minimum atomic E-state index is 0.111. The second-order valence-electron chi connectivity index (χ2n) is 6.18. The fraction of sp³-hybridized carbons (Fsp3) is 0.667. The van der Waals surface area contributed by atoms with Crippen molar-refractivity contribution in [3.8, 4) is 0 Å². The van der Waals surface area contributed by atoms with Gasteiger partial charge in [-0.15, -0.1) is 0 Å². The fourth-order valence-electron chi connectivity index (χ4n) is 3.49. The highest BCUT2D eigenvalue weighted by Gasteiger charge is 2.29. The maximum absolute atomic E-state index is 6.49. The van der Waals surface area contributed by atoms with Crippen molar-refractivity contribution in [2.45, 2.75) is 64.5 Å². The van der Waals surface area contributed by atoms with Crippen LogP contribution < -0.4 is 5.73 Å². The molecule has 0 aromatic heterocycles. The third-order valence-corrected chi connectivity index (χ3v) is 4.45. The van der Waals surface area contributed by atoms with Crippen LogP contribution in [0.25, 0.3) is 0 Å². The van der Waals surface area contributed by atoms with Gasteiger partial charge in [0.25, 0.3) is 0 Å². The second-order valence-corrected chi connectivity index (χ2v) is 6.18. The molecule has 1 fully saturated rings. The molecular formula is C18H29NO. The van der Waals surface area contributed by atoms with Crippen LogP contribution in [0.1, 0.15) is 50.2 Å². The minimum absolute atomic E-state index is 0.111. The lowest BCUT2D eigenvalue weighted by molar-refractivity contribution is -0.00912. The number of benzene rings is 1. The fourth-order valence-corrected chi connectivity index (χ4v) is 3.49. The molecule has 1 aromatic rings. The predicted octanol–water partition coefficient (Wildman–Crippen LogP) is 3.85. The van der Waals surface area contributed by atoms with Gasteiger partial charge in [0.05, 0.1) is 6.10 Å². The molecule has 0 saturated heterocycles. The van der Waals surface area contributed by atoms with Crippen molar-refractivity contribution >= 4 is 0 Å². The Morgan fingerprint density at radius 3 is 2.65 bits per heavy atom. The molecule has 2 atom stereocenters. The molecule has 112 valence electrons. The van der Waals surface area contributed by atoms with Crippen molar-refractivity contribution in [2.24, 2.45) is 11.7 Å². The standard InChI is InChI=1S/C18H29NO/c1-3-20-18(16-10-5-4-6-11-16)17(19)13-15-9-7-8-14(2)12-15/h7-9,12,16-18H,3-6,10-11,13,19H2,1-2H3. The van der Waals surface area contributed by atoms with Crippen LogP contribution in [0.5, 0.6) is 0 Å². The Bertz CT molecular complexity index is 398. The molecular weight excluding hydrogens is 246 g/mol. The van der Waals surface area contributed by atoms with Crippen molar-refractivity contribution in [3.05, 3.63) is 35.4 Å². The number of aryl methyl sites for hydroxylation is 1. The molecule has 1 aliphatic carbocycles. The Hall–Kier alpha value is -0.860. The van der Waals surface area contributed by atoms with Gasteiger partial charge in [-0.1, -0.05) is 49.1 Å². The largest absolute Gasteiger partial charge is 0.377 e. The molecule has 2 rings (SSSR count). The summed E-state index contributed by atoms with van der Waals surface area (Å²) in [7, 11) is 0. The monoisotopic (exact) mass is 275 g/mol. The van der Waals surface area contributed by atoms with Gasteiger partial charge in [-0.25, -0.2) is 0 Å². The highest BCUT2D eigenvalue weighted by atomic mass is 16.5. The molecule has 2 heteroatoms. The van der Waals surface area contributed by atoms with Crippen LogP contribution in [0.3, 0.4) is 0 Å². The number of rotatable bonds is 6. The van der Waals surface area contributed by atoms with E-state index in [1.807, 2.05) is 0 Å². The third-order valence-electron chi connectivity index (χ3n) is 4.45. The van der Waals surface area contributed by atoms with Gasteiger partial charge in [-0.2, -0.15) is 0 Å². The van der Waals surface area contributed by atoms with Gasteiger partial charge >= 0.3 is 0 Å². The van der Waals surface area contributed by atoms with E-state index in [1.54, 1.807) is 0 Å². The van der Waals surface area contributed by atoms with E-state index >= 15 is 0 Å². The number of hydrogen-bond acceptors (Lipinski definition) is 2. The first kappa shape index (κ1) is 15.5. The Morgan fingerprint density at radius 1 is 1.25 bits per heavy atom. The first-order valence-corrected chi connectivity index (χ1v) is 8.13. The van der Waals surface area contributed by atoms with Crippen LogP contribution in [0.4, 0.5) is 0 Å². The molecule has 1 aliphatic rings. The summed E-state index contributed by atoms with van der Waals surface area (Å²) in [6.07, 6.45) is 7.77. The molecule has 0 bridgehead atoms. The summed E-state index contributed by atoms with van der Waals surface area (Å²) in [6, 6.07) is 8.78. The van der Waals surface area contributed by atoms with Crippen LogP contribution in [0.15, 0.2) is 24.3 Å². The highest BCUT2D eigenvalue weighted by molar-refractivity contribution is 5.23. The normalized spacial score (nSPS) is 19.8. The molecule has 1 saturated carbocycles. The molecule has 20 heavy (non-hydrogen) atoms. The van der Waals surface area contributed by atoms with Crippen LogP contribution in [0.2, 0.25) is 0 Å². The molecule has 0 heterocycles. The molecule has 0 radical (unpaired) electrons. The van der Waals surface area contributed by atoms with Crippen LogP contribution in [-0.4, -0.2) is 18.8 Å². The van der Waals surface area contributed by atoms with Crippen LogP contribution in [0, 0.1) is 12.8 Å². The van der Waals surface area contributed by atoms with E-state index < -0.39 is 0 Å². The van der Waals surface area contributed by atoms with E-state index in [0.717, 1.165) is 13.0 Å². The van der Waals surface area contributed by atoms with Crippen LogP contribution >= 0.6 is 0 Å². The molecule has 0 spiro atoms. The van der Waals surface area contributed by atoms with E-state index in [9.17, 15) is 0 Å². The smallest absolute Gasteiger partial charge is 0.0757 e. The van der Waals surface area contributed by atoms with Gasteiger partial charge in [-0.3, -0.25) is 0 Å². The summed E-state index contributed by atoms with van der Waals surface area (Å²) in [5.74, 6) is 0.656. The zero-order valence-electron chi connectivity index (χ0n) is 13.0. The average molecular weight is 275 g/mol. The maximum atomic E-state index is 6.49. The minimum Gasteiger partial charge on any atom is -0.377 e. The van der Waals surface area contributed by atoms with Crippen molar-refractivity contribution in [1.29, 1.82) is 0 Å². The van der Waals surface area contributed by atoms with Gasteiger partial charge in [0.15, 0.2) is 0 Å². The van der Waals surface area contributed by atoms with E-state index in [0.29, 0.717) is 5.92 Å². The first-order valence-electron chi connectivity index (χ1n) is 8.13. The van der Waals surface area contributed by atoms with Crippen molar-refractivity contribution in [1.82, 2.24) is 0 Å². The van der Waals surface area contributed by atoms with E-state index in [-0.39, 0.29) is 12.1 Å². The zero-order chi connectivity index (χ0) is 14.4. The van der Waals surface area contributed by atoms with E-state index in [2.05, 4.69) is 38.1 Å². The summed E-state index contributed by atoms with van der Waals surface area (Å²) in [6.45, 7) is 4.98. The lowest BCUT2D eigenvalue weighted by atomic mass is 9.81. The van der Waals surface area contributed by atoms with Gasteiger partial charge < -0.3 is 10.5 Å². The predicted molar refractivity (Wildman–Crippen MR) is 84.8 cm³/mol. The average Bonchev–Trinajstić information content (AvgIpc) is 2.45. The zero-order valence-corrected chi connectivity index (χ0v) is 13.0. The number of nitrogens with two attached hydrogens (primary N) is 1. The lowest BCUT2D eigenvalue weighted by Crippen LogP contribution is -2.44. The quantitative estimate of drug-likeness (QED) is 0.856.